The van der Waals surface area contributed by atoms with Gasteiger partial charge in [-0.1, -0.05) is 87.5 Å². The van der Waals surface area contributed by atoms with E-state index in [1.54, 1.807) is 48.3 Å². The minimum Gasteiger partial charge on any atom is -0.405 e. The Kier molecular flexibility index (Phi) is 10.7. The predicted octanol–water partition coefficient (Wildman–Crippen LogP) is 6.61. The molecule has 2 N–H and O–H groups in total. The molecule has 0 spiro atoms. The predicted molar refractivity (Wildman–Crippen MR) is 197 cm³/mol. The fourth-order valence-electron chi connectivity index (χ4n) is 6.63. The molecular formula is C40H41F2N5O3Si. The summed E-state index contributed by atoms with van der Waals surface area (Å²) < 4.78 is 44.1. The highest BCUT2D eigenvalue weighted by Gasteiger charge is 2.50. The summed E-state index contributed by atoms with van der Waals surface area (Å²) in [5.74, 6) is -1.50. The number of benzene rings is 4. The number of rotatable bonds is 13. The second-order valence-corrected chi connectivity index (χ2v) is 17.7. The SMILES string of the molecule is COC(CO[Si](c1ccccc1)(c1ccccc1)C(C)(C)C)C(Cn1cccn1)NC(=O)c1cccc(F)c1-c1cc(-c2ccc(F)cc2)[nH]n1. The van der Waals surface area contributed by atoms with E-state index in [2.05, 4.69) is 65.6 Å². The van der Waals surface area contributed by atoms with Crippen LogP contribution < -0.4 is 15.7 Å². The van der Waals surface area contributed by atoms with Crippen molar-refractivity contribution in [3.63, 3.8) is 0 Å². The molecule has 4 aromatic carbocycles. The first-order valence-corrected chi connectivity index (χ1v) is 18.7. The van der Waals surface area contributed by atoms with Gasteiger partial charge in [0.15, 0.2) is 0 Å². The summed E-state index contributed by atoms with van der Waals surface area (Å²) in [6, 6.07) is 33.6. The number of aromatic nitrogens is 4. The van der Waals surface area contributed by atoms with Gasteiger partial charge in [-0.25, -0.2) is 8.78 Å². The minimum atomic E-state index is -2.94. The molecular weight excluding hydrogens is 665 g/mol. The number of carbonyl (C=O) groups is 1. The van der Waals surface area contributed by atoms with Crippen molar-refractivity contribution >= 4 is 24.6 Å². The van der Waals surface area contributed by atoms with Crippen molar-refractivity contribution in [2.75, 3.05) is 13.7 Å². The van der Waals surface area contributed by atoms with Crippen LogP contribution in [-0.2, 0) is 15.7 Å². The number of carbonyl (C=O) groups excluding carboxylic acids is 1. The lowest BCUT2D eigenvalue weighted by molar-refractivity contribution is 0.0212. The molecule has 262 valence electrons. The first kappa shape index (κ1) is 35.6. The van der Waals surface area contributed by atoms with Gasteiger partial charge in [-0.15, -0.1) is 0 Å². The van der Waals surface area contributed by atoms with Gasteiger partial charge in [-0.2, -0.15) is 10.2 Å². The summed E-state index contributed by atoms with van der Waals surface area (Å²) in [4.78, 5) is 14.2. The zero-order valence-electron chi connectivity index (χ0n) is 29.0. The number of ether oxygens (including phenoxy) is 1. The number of nitrogens with zero attached hydrogens (tertiary/aromatic N) is 3. The number of hydrogen-bond donors (Lipinski definition) is 2. The van der Waals surface area contributed by atoms with Crippen molar-refractivity contribution in [1.82, 2.24) is 25.3 Å². The summed E-state index contributed by atoms with van der Waals surface area (Å²) >= 11 is 0. The summed E-state index contributed by atoms with van der Waals surface area (Å²) in [6.45, 7) is 7.03. The zero-order chi connectivity index (χ0) is 36.0. The maximum atomic E-state index is 15.6. The first-order valence-electron chi connectivity index (χ1n) is 16.8. The summed E-state index contributed by atoms with van der Waals surface area (Å²) in [7, 11) is -1.35. The van der Waals surface area contributed by atoms with Crippen LogP contribution in [0.1, 0.15) is 31.1 Å². The van der Waals surface area contributed by atoms with Gasteiger partial charge in [-0.05, 0) is 69.5 Å². The van der Waals surface area contributed by atoms with E-state index in [0.717, 1.165) is 10.4 Å². The number of hydrogen-bond acceptors (Lipinski definition) is 5. The van der Waals surface area contributed by atoms with Gasteiger partial charge in [0.25, 0.3) is 14.2 Å². The van der Waals surface area contributed by atoms with Gasteiger partial charge in [-0.3, -0.25) is 14.6 Å². The van der Waals surface area contributed by atoms with E-state index in [9.17, 15) is 9.18 Å². The number of H-pyrrole nitrogens is 1. The van der Waals surface area contributed by atoms with Crippen LogP contribution >= 0.6 is 0 Å². The molecule has 0 aliphatic carbocycles. The molecule has 2 unspecified atom stereocenters. The Labute approximate surface area is 297 Å². The van der Waals surface area contributed by atoms with E-state index < -0.39 is 32.2 Å². The van der Waals surface area contributed by atoms with Crippen LogP contribution in [0.2, 0.25) is 5.04 Å². The van der Waals surface area contributed by atoms with Crippen LogP contribution in [-0.4, -0.2) is 60.1 Å². The average molecular weight is 706 g/mol. The molecule has 1 amide bonds. The summed E-state index contributed by atoms with van der Waals surface area (Å²) in [5, 5.41) is 16.7. The molecule has 0 fully saturated rings. The van der Waals surface area contributed by atoms with Gasteiger partial charge in [0.05, 0.1) is 41.7 Å². The molecule has 8 nitrogen and oxygen atoms in total. The largest absolute Gasteiger partial charge is 0.405 e. The first-order chi connectivity index (χ1) is 24.6. The Morgan fingerprint density at radius 1 is 0.902 bits per heavy atom. The van der Waals surface area contributed by atoms with Crippen LogP contribution in [0.15, 0.2) is 128 Å². The second kappa shape index (κ2) is 15.3. The molecule has 6 rings (SSSR count). The third-order valence-corrected chi connectivity index (χ3v) is 14.1. The summed E-state index contributed by atoms with van der Waals surface area (Å²) in [6.07, 6.45) is 2.86. The van der Waals surface area contributed by atoms with Crippen molar-refractivity contribution in [3.8, 4) is 22.5 Å². The Hall–Kier alpha value is -5.23. The number of halogens is 2. The van der Waals surface area contributed by atoms with Crippen molar-refractivity contribution in [2.24, 2.45) is 0 Å². The van der Waals surface area contributed by atoms with Gasteiger partial charge in [0, 0.05) is 19.5 Å². The van der Waals surface area contributed by atoms with E-state index in [1.807, 2.05) is 42.6 Å². The topological polar surface area (TPSA) is 94.1 Å². The molecule has 0 radical (unpaired) electrons. The van der Waals surface area contributed by atoms with E-state index in [4.69, 9.17) is 9.16 Å². The zero-order valence-corrected chi connectivity index (χ0v) is 30.0. The van der Waals surface area contributed by atoms with Gasteiger partial charge in [0.2, 0.25) is 0 Å². The van der Waals surface area contributed by atoms with Crippen molar-refractivity contribution in [3.05, 3.63) is 145 Å². The molecule has 2 atom stereocenters. The Morgan fingerprint density at radius 2 is 1.57 bits per heavy atom. The monoisotopic (exact) mass is 705 g/mol. The van der Waals surface area contributed by atoms with E-state index in [0.29, 0.717) is 11.3 Å². The molecule has 0 bridgehead atoms. The maximum absolute atomic E-state index is 15.6. The summed E-state index contributed by atoms with van der Waals surface area (Å²) in [5.41, 5.74) is 1.59. The van der Waals surface area contributed by atoms with Gasteiger partial charge >= 0.3 is 0 Å². The molecule has 2 heterocycles. The standard InChI is InChI=1S/C40H41F2N5O3Si/c1-40(2,3)51(30-13-7-5-8-14-30,31-15-9-6-10-16-31)50-27-37(49-4)36(26-47-24-12-23-43-47)44-39(48)32-17-11-18-33(42)38(32)35-25-34(45-46-35)28-19-21-29(41)22-20-28/h5-25,36-37H,26-27H2,1-4H3,(H,44,48)(H,45,46). The van der Waals surface area contributed by atoms with Crippen LogP contribution in [0, 0.1) is 11.6 Å². The van der Waals surface area contributed by atoms with E-state index in [-0.39, 0.29) is 40.8 Å². The van der Waals surface area contributed by atoms with Crippen molar-refractivity contribution < 1.29 is 22.7 Å². The molecule has 51 heavy (non-hydrogen) atoms. The normalized spacial score (nSPS) is 13.1. The van der Waals surface area contributed by atoms with Crippen LogP contribution in [0.5, 0.6) is 0 Å². The Balaban J connectivity index is 1.33. The Morgan fingerprint density at radius 3 is 2.16 bits per heavy atom. The second-order valence-electron chi connectivity index (χ2n) is 13.4. The van der Waals surface area contributed by atoms with Gasteiger partial charge in [0.1, 0.15) is 17.7 Å². The highest BCUT2D eigenvalue weighted by molar-refractivity contribution is 6.99. The van der Waals surface area contributed by atoms with Crippen LogP contribution in [0.4, 0.5) is 8.78 Å². The molecule has 0 aliphatic heterocycles. The third-order valence-electron chi connectivity index (χ3n) is 9.14. The average Bonchev–Trinajstić information content (AvgIpc) is 3.83. The lowest BCUT2D eigenvalue weighted by atomic mass is 10.0. The fourth-order valence-corrected chi connectivity index (χ4v) is 11.2. The van der Waals surface area contributed by atoms with Crippen molar-refractivity contribution in [2.45, 2.75) is 44.5 Å². The highest BCUT2D eigenvalue weighted by Crippen LogP contribution is 2.37. The molecule has 6 aromatic rings. The number of nitrogens with one attached hydrogen (secondary N) is 2. The molecule has 2 aromatic heterocycles. The van der Waals surface area contributed by atoms with Crippen LogP contribution in [0.3, 0.4) is 0 Å². The molecule has 11 heteroatoms. The molecule has 0 saturated carbocycles. The maximum Gasteiger partial charge on any atom is 0.261 e. The van der Waals surface area contributed by atoms with Crippen LogP contribution in [0.25, 0.3) is 22.5 Å². The number of methoxy groups -OCH3 is 1. The number of amides is 1. The quantitative estimate of drug-likeness (QED) is 0.132. The van der Waals surface area contributed by atoms with E-state index in [1.165, 1.54) is 24.3 Å². The lowest BCUT2D eigenvalue weighted by Crippen LogP contribution is -2.67. The highest BCUT2D eigenvalue weighted by atomic mass is 28.4. The minimum absolute atomic E-state index is 0.0370. The van der Waals surface area contributed by atoms with E-state index >= 15 is 4.39 Å². The third kappa shape index (κ3) is 7.60. The molecule has 0 saturated heterocycles. The Bertz CT molecular complexity index is 1990. The van der Waals surface area contributed by atoms with Gasteiger partial charge < -0.3 is 14.5 Å². The fraction of sp³-hybridized carbons (Fsp3) is 0.225. The number of aromatic amines is 1. The van der Waals surface area contributed by atoms with Crippen molar-refractivity contribution in [1.29, 1.82) is 0 Å². The lowest BCUT2D eigenvalue weighted by Gasteiger charge is -2.44. The smallest absolute Gasteiger partial charge is 0.261 e. The molecule has 0 aliphatic rings.